The molecule has 2 aliphatic rings. The van der Waals surface area contributed by atoms with Crippen molar-refractivity contribution >= 4 is 11.7 Å². The molecule has 3 heterocycles. The molecule has 1 aromatic carbocycles. The zero-order chi connectivity index (χ0) is 18.3. The van der Waals surface area contributed by atoms with Gasteiger partial charge in [-0.25, -0.2) is 4.79 Å². The predicted molar refractivity (Wildman–Crippen MR) is 90.3 cm³/mol. The molecule has 2 amide bonds. The first-order valence-electron chi connectivity index (χ1n) is 8.39. The van der Waals surface area contributed by atoms with E-state index < -0.39 is 4.92 Å². The Balaban J connectivity index is 1.47. The molecule has 0 radical (unpaired) electrons. The molecular weight excluding hydrogens is 340 g/mol. The van der Waals surface area contributed by atoms with Crippen LogP contribution in [0.15, 0.2) is 28.7 Å². The van der Waals surface area contributed by atoms with Crippen molar-refractivity contribution < 1.29 is 14.1 Å². The van der Waals surface area contributed by atoms with Crippen LogP contribution in [0.4, 0.5) is 10.5 Å². The van der Waals surface area contributed by atoms with Crippen LogP contribution in [0.1, 0.15) is 18.9 Å². The lowest BCUT2D eigenvalue weighted by Crippen LogP contribution is -2.52. The Kier molecular flexibility index (Phi) is 4.03. The number of hydrogen-bond donors (Lipinski definition) is 1. The molecule has 2 aliphatic heterocycles. The third kappa shape index (κ3) is 2.88. The van der Waals surface area contributed by atoms with E-state index in [9.17, 15) is 14.9 Å². The van der Waals surface area contributed by atoms with Gasteiger partial charge in [-0.2, -0.15) is 0 Å². The minimum Gasteiger partial charge on any atom is -0.419 e. The molecule has 0 saturated carbocycles. The Morgan fingerprint density at radius 3 is 2.81 bits per heavy atom. The maximum absolute atomic E-state index is 11.7. The molecule has 1 N–H and O–H groups in total. The molecule has 0 aliphatic carbocycles. The van der Waals surface area contributed by atoms with Crippen LogP contribution in [0.25, 0.3) is 11.5 Å². The summed E-state index contributed by atoms with van der Waals surface area (Å²) in [6, 6.07) is 6.09. The SMILES string of the molecule is C[C@@H](c1nnc(-c2ccc([N+](=O)[O-])cc2)o1)N1CCN2C(=O)NC[C@H]2C1. The first-order chi connectivity index (χ1) is 12.5. The van der Waals surface area contributed by atoms with Gasteiger partial charge in [0, 0.05) is 43.9 Å². The molecular formula is C16H18N6O4. The summed E-state index contributed by atoms with van der Waals surface area (Å²) in [4.78, 5) is 26.1. The maximum Gasteiger partial charge on any atom is 0.317 e. The van der Waals surface area contributed by atoms with Crippen LogP contribution < -0.4 is 5.32 Å². The van der Waals surface area contributed by atoms with E-state index in [1.807, 2.05) is 11.8 Å². The fourth-order valence-corrected chi connectivity index (χ4v) is 3.38. The standard InChI is InChI=1S/C16H18N6O4/c1-10(20-6-7-21-13(9-20)8-17-16(21)23)14-18-19-15(26-14)11-2-4-12(5-3-11)22(24)25/h2-5,10,13H,6-9H2,1H3,(H,17,23)/t10-,13-/m0/s1. The van der Waals surface area contributed by atoms with E-state index >= 15 is 0 Å². The van der Waals surface area contributed by atoms with Gasteiger partial charge in [0.25, 0.3) is 5.69 Å². The predicted octanol–water partition coefficient (Wildman–Crippen LogP) is 1.42. The third-order valence-electron chi connectivity index (χ3n) is 4.93. The maximum atomic E-state index is 11.7. The molecule has 0 unspecified atom stereocenters. The van der Waals surface area contributed by atoms with Crippen LogP contribution in [-0.2, 0) is 0 Å². The highest BCUT2D eigenvalue weighted by atomic mass is 16.6. The Hall–Kier alpha value is -3.01. The number of urea groups is 1. The van der Waals surface area contributed by atoms with E-state index in [-0.39, 0.29) is 23.8 Å². The molecule has 2 saturated heterocycles. The second kappa shape index (κ2) is 6.37. The number of nitro benzene ring substituents is 1. The van der Waals surface area contributed by atoms with Crippen molar-refractivity contribution in [3.63, 3.8) is 0 Å². The van der Waals surface area contributed by atoms with Crippen LogP contribution in [0.2, 0.25) is 0 Å². The van der Waals surface area contributed by atoms with E-state index in [2.05, 4.69) is 20.4 Å². The summed E-state index contributed by atoms with van der Waals surface area (Å²) in [7, 11) is 0. The van der Waals surface area contributed by atoms with Crippen LogP contribution in [-0.4, -0.2) is 63.2 Å². The van der Waals surface area contributed by atoms with Gasteiger partial charge < -0.3 is 14.6 Å². The second-order valence-electron chi connectivity index (χ2n) is 6.45. The summed E-state index contributed by atoms with van der Waals surface area (Å²) in [5.41, 5.74) is 0.649. The number of benzene rings is 1. The van der Waals surface area contributed by atoms with Crippen molar-refractivity contribution in [3.8, 4) is 11.5 Å². The van der Waals surface area contributed by atoms with E-state index in [1.54, 1.807) is 12.1 Å². The highest BCUT2D eigenvalue weighted by molar-refractivity contribution is 5.77. The zero-order valence-electron chi connectivity index (χ0n) is 14.2. The van der Waals surface area contributed by atoms with Crippen LogP contribution in [0, 0.1) is 10.1 Å². The first-order valence-corrected chi connectivity index (χ1v) is 8.39. The van der Waals surface area contributed by atoms with Crippen molar-refractivity contribution in [1.82, 2.24) is 25.3 Å². The number of rotatable bonds is 4. The van der Waals surface area contributed by atoms with Gasteiger partial charge in [-0.3, -0.25) is 15.0 Å². The monoisotopic (exact) mass is 358 g/mol. The molecule has 2 fully saturated rings. The molecule has 1 aromatic heterocycles. The third-order valence-corrected chi connectivity index (χ3v) is 4.93. The van der Waals surface area contributed by atoms with Crippen LogP contribution in [0.3, 0.4) is 0 Å². The average molecular weight is 358 g/mol. The van der Waals surface area contributed by atoms with Gasteiger partial charge in [0.2, 0.25) is 11.8 Å². The Bertz CT molecular complexity index is 836. The van der Waals surface area contributed by atoms with Gasteiger partial charge in [0.05, 0.1) is 17.0 Å². The number of nitrogens with zero attached hydrogens (tertiary/aromatic N) is 5. The summed E-state index contributed by atoms with van der Waals surface area (Å²) in [6.07, 6.45) is 0. The van der Waals surface area contributed by atoms with Crippen molar-refractivity contribution in [2.24, 2.45) is 0 Å². The fourth-order valence-electron chi connectivity index (χ4n) is 3.38. The lowest BCUT2D eigenvalue weighted by Gasteiger charge is -2.38. The van der Waals surface area contributed by atoms with Gasteiger partial charge in [0.1, 0.15) is 0 Å². The summed E-state index contributed by atoms with van der Waals surface area (Å²) >= 11 is 0. The number of non-ortho nitro benzene ring substituents is 1. The smallest absolute Gasteiger partial charge is 0.317 e. The quantitative estimate of drug-likeness (QED) is 0.648. The topological polar surface area (TPSA) is 118 Å². The van der Waals surface area contributed by atoms with E-state index in [1.165, 1.54) is 12.1 Å². The highest BCUT2D eigenvalue weighted by Gasteiger charge is 2.37. The number of hydrogen-bond acceptors (Lipinski definition) is 7. The molecule has 2 aromatic rings. The molecule has 10 nitrogen and oxygen atoms in total. The largest absolute Gasteiger partial charge is 0.419 e. The number of fused-ring (bicyclic) bond motifs is 1. The van der Waals surface area contributed by atoms with Crippen molar-refractivity contribution in [1.29, 1.82) is 0 Å². The summed E-state index contributed by atoms with van der Waals surface area (Å²) in [5.74, 6) is 0.821. The molecule has 0 spiro atoms. The Morgan fingerprint density at radius 1 is 1.31 bits per heavy atom. The number of amides is 2. The molecule has 136 valence electrons. The normalized spacial score (nSPS) is 21.3. The number of piperazine rings is 1. The Morgan fingerprint density at radius 2 is 2.08 bits per heavy atom. The lowest BCUT2D eigenvalue weighted by molar-refractivity contribution is -0.384. The van der Waals surface area contributed by atoms with E-state index in [0.717, 1.165) is 13.1 Å². The summed E-state index contributed by atoms with van der Waals surface area (Å²) < 4.78 is 5.79. The number of carbonyl (C=O) groups is 1. The van der Waals surface area contributed by atoms with E-state index in [4.69, 9.17) is 4.42 Å². The van der Waals surface area contributed by atoms with Crippen LogP contribution in [0.5, 0.6) is 0 Å². The van der Waals surface area contributed by atoms with Gasteiger partial charge >= 0.3 is 6.03 Å². The van der Waals surface area contributed by atoms with Crippen molar-refractivity contribution in [2.45, 2.75) is 19.0 Å². The van der Waals surface area contributed by atoms with Gasteiger partial charge in [-0.05, 0) is 19.1 Å². The van der Waals surface area contributed by atoms with Gasteiger partial charge in [0.15, 0.2) is 0 Å². The molecule has 0 bridgehead atoms. The first kappa shape index (κ1) is 16.5. The average Bonchev–Trinajstić information content (AvgIpc) is 3.28. The van der Waals surface area contributed by atoms with Gasteiger partial charge in [-0.15, -0.1) is 10.2 Å². The van der Waals surface area contributed by atoms with Crippen LogP contribution >= 0.6 is 0 Å². The molecule has 4 rings (SSSR count). The minimum absolute atomic E-state index is 0.000510. The molecule has 10 heteroatoms. The second-order valence-corrected chi connectivity index (χ2v) is 6.45. The summed E-state index contributed by atoms with van der Waals surface area (Å²) in [5, 5.41) is 21.8. The van der Waals surface area contributed by atoms with Crippen molar-refractivity contribution in [2.75, 3.05) is 26.2 Å². The lowest BCUT2D eigenvalue weighted by atomic mass is 10.1. The number of carbonyl (C=O) groups excluding carboxylic acids is 1. The number of nitrogens with one attached hydrogen (secondary N) is 1. The fraction of sp³-hybridized carbons (Fsp3) is 0.438. The Labute approximate surface area is 148 Å². The number of aromatic nitrogens is 2. The summed E-state index contributed by atoms with van der Waals surface area (Å²) in [6.45, 7) is 4.80. The van der Waals surface area contributed by atoms with E-state index in [0.29, 0.717) is 30.4 Å². The number of nitro groups is 1. The molecule has 2 atom stereocenters. The zero-order valence-corrected chi connectivity index (χ0v) is 14.2. The highest BCUT2D eigenvalue weighted by Crippen LogP contribution is 2.27. The van der Waals surface area contributed by atoms with Gasteiger partial charge in [-0.1, -0.05) is 0 Å². The minimum atomic E-state index is -0.451. The van der Waals surface area contributed by atoms with Crippen molar-refractivity contribution in [3.05, 3.63) is 40.3 Å². The molecule has 26 heavy (non-hydrogen) atoms.